The van der Waals surface area contributed by atoms with E-state index in [0.29, 0.717) is 13.2 Å². The zero-order valence-corrected chi connectivity index (χ0v) is 15.3. The second-order valence-corrected chi connectivity index (χ2v) is 6.85. The van der Waals surface area contributed by atoms with E-state index in [4.69, 9.17) is 20.9 Å². The van der Waals surface area contributed by atoms with Gasteiger partial charge in [-0.1, -0.05) is 22.8 Å². The van der Waals surface area contributed by atoms with Crippen molar-refractivity contribution in [2.45, 2.75) is 19.8 Å². The summed E-state index contributed by atoms with van der Waals surface area (Å²) < 4.78 is 24.5. The van der Waals surface area contributed by atoms with Crippen molar-refractivity contribution in [1.29, 1.82) is 0 Å². The molecule has 1 aromatic heterocycles. The molecule has 2 aromatic rings. The number of aliphatic carboxylic acids is 1. The molecule has 0 unspecified atom stereocenters. The van der Waals surface area contributed by atoms with Gasteiger partial charge in [-0.05, 0) is 31.9 Å². The van der Waals surface area contributed by atoms with Crippen LogP contribution in [-0.4, -0.2) is 41.9 Å². The molecule has 1 amide bonds. The highest BCUT2D eigenvalue weighted by atomic mass is 35.5. The van der Waals surface area contributed by atoms with Crippen LogP contribution in [0.5, 0.6) is 0 Å². The fraction of sp³-hybridized carbons (Fsp3) is 0.389. The summed E-state index contributed by atoms with van der Waals surface area (Å²) in [6, 6.07) is 4.12. The van der Waals surface area contributed by atoms with Gasteiger partial charge >= 0.3 is 5.97 Å². The summed E-state index contributed by atoms with van der Waals surface area (Å²) in [5, 5.41) is 16.1. The number of benzene rings is 1. The van der Waals surface area contributed by atoms with Crippen molar-refractivity contribution in [3.63, 3.8) is 0 Å². The van der Waals surface area contributed by atoms with Crippen LogP contribution in [0.4, 0.5) is 4.39 Å². The molecule has 9 heteroatoms. The van der Waals surface area contributed by atoms with Crippen LogP contribution in [0.15, 0.2) is 22.7 Å². The van der Waals surface area contributed by atoms with Crippen LogP contribution in [0.2, 0.25) is 5.02 Å². The first-order valence-corrected chi connectivity index (χ1v) is 8.73. The number of hydrogen-bond acceptors (Lipinski definition) is 5. The number of nitrogens with one attached hydrogen (secondary N) is 1. The number of carbonyl (C=O) groups excluding carboxylic acids is 1. The number of aromatic nitrogens is 1. The fourth-order valence-corrected chi connectivity index (χ4v) is 3.35. The highest BCUT2D eigenvalue weighted by Gasteiger charge is 2.41. The van der Waals surface area contributed by atoms with Crippen molar-refractivity contribution in [2.24, 2.45) is 5.41 Å². The lowest BCUT2D eigenvalue weighted by molar-refractivity contribution is -0.154. The molecule has 2 N–H and O–H groups in total. The molecule has 1 aliphatic rings. The smallest absolute Gasteiger partial charge is 0.311 e. The molecule has 1 fully saturated rings. The van der Waals surface area contributed by atoms with E-state index in [1.165, 1.54) is 25.1 Å². The molecule has 0 aliphatic carbocycles. The quantitative estimate of drug-likeness (QED) is 0.805. The fourth-order valence-electron chi connectivity index (χ4n) is 3.10. The number of halogens is 2. The van der Waals surface area contributed by atoms with Gasteiger partial charge in [-0.3, -0.25) is 9.59 Å². The summed E-state index contributed by atoms with van der Waals surface area (Å²) in [6.07, 6.45) is 0.578. The Hall–Kier alpha value is -2.45. The van der Waals surface area contributed by atoms with Crippen LogP contribution in [0.1, 0.15) is 29.0 Å². The zero-order chi connectivity index (χ0) is 19.6. The molecule has 1 aliphatic heterocycles. The maximum Gasteiger partial charge on any atom is 0.311 e. The topological polar surface area (TPSA) is 102 Å². The summed E-state index contributed by atoms with van der Waals surface area (Å²) in [5.41, 5.74) is -1.14. The SMILES string of the molecule is Cc1onc(-c2c(F)cccc2Cl)c1C(=O)NCC1(C(=O)O)CCOCC1. The number of ether oxygens (including phenoxy) is 1. The Bertz CT molecular complexity index is 856. The van der Waals surface area contributed by atoms with Crippen molar-refractivity contribution in [1.82, 2.24) is 10.5 Å². The van der Waals surface area contributed by atoms with Gasteiger partial charge in [0.15, 0.2) is 0 Å². The standard InChI is InChI=1S/C18H18ClFN2O5/c1-10-13(15(22-27-10)14-11(19)3-2-4-12(14)20)16(23)21-9-18(17(24)25)5-7-26-8-6-18/h2-4H,5-9H2,1H3,(H,21,23)(H,24,25). The van der Waals surface area contributed by atoms with Gasteiger partial charge < -0.3 is 19.7 Å². The van der Waals surface area contributed by atoms with Crippen molar-refractivity contribution in [3.05, 3.63) is 40.4 Å². The third-order valence-corrected chi connectivity index (χ3v) is 5.10. The Morgan fingerprint density at radius 3 is 2.70 bits per heavy atom. The number of carbonyl (C=O) groups is 2. The van der Waals surface area contributed by atoms with Gasteiger partial charge in [0.2, 0.25) is 0 Å². The Labute approximate surface area is 159 Å². The van der Waals surface area contributed by atoms with E-state index in [1.54, 1.807) is 0 Å². The first-order valence-electron chi connectivity index (χ1n) is 8.36. The van der Waals surface area contributed by atoms with Gasteiger partial charge in [0, 0.05) is 19.8 Å². The van der Waals surface area contributed by atoms with Crippen LogP contribution in [-0.2, 0) is 9.53 Å². The Morgan fingerprint density at radius 2 is 2.07 bits per heavy atom. The second-order valence-electron chi connectivity index (χ2n) is 6.44. The van der Waals surface area contributed by atoms with E-state index in [1.807, 2.05) is 0 Å². The summed E-state index contributed by atoms with van der Waals surface area (Å²) >= 11 is 6.07. The predicted octanol–water partition coefficient (Wildman–Crippen LogP) is 3.05. The molecule has 7 nitrogen and oxygen atoms in total. The number of nitrogens with zero attached hydrogens (tertiary/aromatic N) is 1. The van der Waals surface area contributed by atoms with Crippen molar-refractivity contribution in [2.75, 3.05) is 19.8 Å². The molecule has 1 aromatic carbocycles. The minimum absolute atomic E-state index is 0.0228. The van der Waals surface area contributed by atoms with Gasteiger partial charge in [0.1, 0.15) is 22.8 Å². The Kier molecular flexibility index (Phi) is 5.48. The normalized spacial score (nSPS) is 16.1. The molecule has 2 heterocycles. The minimum Gasteiger partial charge on any atom is -0.481 e. The lowest BCUT2D eigenvalue weighted by Crippen LogP contribution is -2.46. The van der Waals surface area contributed by atoms with Crippen LogP contribution in [0, 0.1) is 18.2 Å². The van der Waals surface area contributed by atoms with E-state index in [2.05, 4.69) is 10.5 Å². The molecule has 3 rings (SSSR count). The number of carboxylic acids is 1. The van der Waals surface area contributed by atoms with E-state index in [9.17, 15) is 19.1 Å². The second kappa shape index (κ2) is 7.66. The number of rotatable bonds is 5. The highest BCUT2D eigenvalue weighted by molar-refractivity contribution is 6.33. The average Bonchev–Trinajstić information content (AvgIpc) is 3.01. The molecule has 0 atom stereocenters. The zero-order valence-electron chi connectivity index (χ0n) is 14.6. The summed E-state index contributed by atoms with van der Waals surface area (Å²) in [4.78, 5) is 24.5. The van der Waals surface area contributed by atoms with Crippen molar-refractivity contribution < 1.29 is 28.3 Å². The number of hydrogen-bond donors (Lipinski definition) is 2. The molecule has 0 saturated carbocycles. The summed E-state index contributed by atoms with van der Waals surface area (Å²) in [7, 11) is 0. The first kappa shape index (κ1) is 19.3. The molecular weight excluding hydrogens is 379 g/mol. The first-order chi connectivity index (χ1) is 12.9. The number of aryl methyl sites for hydroxylation is 1. The van der Waals surface area contributed by atoms with Crippen LogP contribution >= 0.6 is 11.6 Å². The molecule has 0 radical (unpaired) electrons. The Morgan fingerprint density at radius 1 is 1.37 bits per heavy atom. The minimum atomic E-state index is -1.10. The number of amides is 1. The van der Waals surface area contributed by atoms with Crippen molar-refractivity contribution >= 4 is 23.5 Å². The predicted molar refractivity (Wildman–Crippen MR) is 94.1 cm³/mol. The monoisotopic (exact) mass is 396 g/mol. The molecule has 1 saturated heterocycles. The average molecular weight is 397 g/mol. The van der Waals surface area contributed by atoms with Gasteiger partial charge in [0.25, 0.3) is 5.91 Å². The maximum absolute atomic E-state index is 14.2. The molecule has 0 bridgehead atoms. The molecule has 144 valence electrons. The number of carboxylic acid groups (broad SMARTS) is 1. The molecule has 0 spiro atoms. The van der Waals surface area contributed by atoms with Crippen LogP contribution < -0.4 is 5.32 Å². The lowest BCUT2D eigenvalue weighted by Gasteiger charge is -2.33. The van der Waals surface area contributed by atoms with E-state index < -0.39 is 23.1 Å². The third kappa shape index (κ3) is 3.68. The van der Waals surface area contributed by atoms with Crippen molar-refractivity contribution in [3.8, 4) is 11.3 Å². The van der Waals surface area contributed by atoms with Crippen LogP contribution in [0.3, 0.4) is 0 Å². The van der Waals surface area contributed by atoms with Crippen LogP contribution in [0.25, 0.3) is 11.3 Å². The molecular formula is C18H18ClFN2O5. The summed E-state index contributed by atoms with van der Waals surface area (Å²) in [6.45, 7) is 2.05. The largest absolute Gasteiger partial charge is 0.481 e. The lowest BCUT2D eigenvalue weighted by atomic mass is 9.80. The van der Waals surface area contributed by atoms with Gasteiger partial charge in [-0.25, -0.2) is 4.39 Å². The Balaban J connectivity index is 1.88. The van der Waals surface area contributed by atoms with E-state index >= 15 is 0 Å². The van der Waals surface area contributed by atoms with Gasteiger partial charge in [-0.2, -0.15) is 0 Å². The molecule has 27 heavy (non-hydrogen) atoms. The summed E-state index contributed by atoms with van der Waals surface area (Å²) in [5.74, 6) is -2.06. The maximum atomic E-state index is 14.2. The van der Waals surface area contributed by atoms with Gasteiger partial charge in [0.05, 0.1) is 16.0 Å². The third-order valence-electron chi connectivity index (χ3n) is 4.78. The van der Waals surface area contributed by atoms with E-state index in [0.717, 1.165) is 0 Å². The van der Waals surface area contributed by atoms with E-state index in [-0.39, 0.29) is 47.0 Å². The van der Waals surface area contributed by atoms with Gasteiger partial charge in [-0.15, -0.1) is 0 Å². The highest BCUT2D eigenvalue weighted by Crippen LogP contribution is 2.34.